The predicted molar refractivity (Wildman–Crippen MR) is 81.9 cm³/mol. The number of nitrogens with zero attached hydrogens (tertiary/aromatic N) is 5. The predicted octanol–water partition coefficient (Wildman–Crippen LogP) is -0.0975. The van der Waals surface area contributed by atoms with E-state index in [1.807, 2.05) is 0 Å². The molecule has 9 heteroatoms. The van der Waals surface area contributed by atoms with Gasteiger partial charge in [0, 0.05) is 46.2 Å². The summed E-state index contributed by atoms with van der Waals surface area (Å²) in [4.78, 5) is 12.3. The molecule has 0 radical (unpaired) electrons. The van der Waals surface area contributed by atoms with Crippen molar-refractivity contribution in [3.8, 4) is 0 Å². The van der Waals surface area contributed by atoms with Gasteiger partial charge >= 0.3 is 5.69 Å². The highest BCUT2D eigenvalue weighted by molar-refractivity contribution is 7.86. The highest BCUT2D eigenvalue weighted by atomic mass is 32.2. The van der Waals surface area contributed by atoms with Gasteiger partial charge in [-0.25, -0.2) is 9.48 Å². The maximum Gasteiger partial charge on any atom is 0.345 e. The van der Waals surface area contributed by atoms with Crippen molar-refractivity contribution in [3.63, 3.8) is 0 Å². The minimum Gasteiger partial charge on any atom is -0.275 e. The van der Waals surface area contributed by atoms with Gasteiger partial charge in [-0.1, -0.05) is 0 Å². The van der Waals surface area contributed by atoms with E-state index in [4.69, 9.17) is 0 Å². The summed E-state index contributed by atoms with van der Waals surface area (Å²) in [6.07, 6.45) is 3.48. The number of rotatable bonds is 4. The molecule has 22 heavy (non-hydrogen) atoms. The maximum absolute atomic E-state index is 12.3. The average molecular weight is 329 g/mol. The second-order valence-corrected chi connectivity index (χ2v) is 8.47. The van der Waals surface area contributed by atoms with Crippen molar-refractivity contribution in [2.24, 2.45) is 7.05 Å². The Bertz CT molecular complexity index is 709. The molecule has 1 aliphatic carbocycles. The largest absolute Gasteiger partial charge is 0.345 e. The van der Waals surface area contributed by atoms with Crippen molar-refractivity contribution < 1.29 is 8.42 Å². The molecule has 0 N–H and O–H groups in total. The van der Waals surface area contributed by atoms with Crippen molar-refractivity contribution >= 4 is 10.2 Å². The van der Waals surface area contributed by atoms with Gasteiger partial charge in [0.15, 0.2) is 0 Å². The van der Waals surface area contributed by atoms with E-state index in [0.29, 0.717) is 31.8 Å². The summed E-state index contributed by atoms with van der Waals surface area (Å²) in [6, 6.07) is 0.0467. The molecule has 0 atom stereocenters. The lowest BCUT2D eigenvalue weighted by Crippen LogP contribution is -2.45. The van der Waals surface area contributed by atoms with Gasteiger partial charge in [0.2, 0.25) is 0 Å². The van der Waals surface area contributed by atoms with E-state index in [1.54, 1.807) is 11.6 Å². The van der Waals surface area contributed by atoms with Crippen LogP contribution in [0.4, 0.5) is 0 Å². The van der Waals surface area contributed by atoms with Crippen molar-refractivity contribution in [2.45, 2.75) is 37.6 Å². The Hall–Kier alpha value is -1.19. The number of hydrogen-bond donors (Lipinski definition) is 0. The van der Waals surface area contributed by atoms with Gasteiger partial charge in [0.25, 0.3) is 10.2 Å². The molecule has 0 aromatic carbocycles. The maximum atomic E-state index is 12.3. The molecular formula is C13H23N5O3S. The fourth-order valence-electron chi connectivity index (χ4n) is 3.02. The molecule has 3 rings (SSSR count). The Kier molecular flexibility index (Phi) is 3.90. The first-order valence-corrected chi connectivity index (χ1v) is 9.05. The van der Waals surface area contributed by atoms with Crippen LogP contribution in [0.2, 0.25) is 0 Å². The SMILES string of the molecule is CN(C)S(=O)(=O)N1CCC(n2c(C3CC3)nn(C)c2=O)CC1. The number of aromatic nitrogens is 3. The molecule has 2 heterocycles. The number of aryl methyl sites for hydroxylation is 1. The number of hydrogen-bond acceptors (Lipinski definition) is 4. The van der Waals surface area contributed by atoms with Crippen molar-refractivity contribution in [2.75, 3.05) is 27.2 Å². The van der Waals surface area contributed by atoms with E-state index < -0.39 is 10.2 Å². The van der Waals surface area contributed by atoms with Crippen LogP contribution < -0.4 is 5.69 Å². The molecule has 124 valence electrons. The van der Waals surface area contributed by atoms with Gasteiger partial charge in [-0.05, 0) is 25.7 Å². The van der Waals surface area contributed by atoms with Crippen LogP contribution in [0.3, 0.4) is 0 Å². The third kappa shape index (κ3) is 2.61. The fraction of sp³-hybridized carbons (Fsp3) is 0.846. The standard InChI is InChI=1S/C13H23N5O3S/c1-15(2)22(20,21)17-8-6-11(7-9-17)18-12(10-4-5-10)14-16(3)13(18)19/h10-11H,4-9H2,1-3H3. The molecule has 2 fully saturated rings. The molecule has 0 bridgehead atoms. The molecule has 0 unspecified atom stereocenters. The molecular weight excluding hydrogens is 306 g/mol. The summed E-state index contributed by atoms with van der Waals surface area (Å²) in [6.45, 7) is 0.882. The molecule has 0 spiro atoms. The van der Waals surface area contributed by atoms with Crippen LogP contribution in [0.1, 0.15) is 43.5 Å². The summed E-state index contributed by atoms with van der Waals surface area (Å²) in [7, 11) is 1.39. The second-order valence-electron chi connectivity index (χ2n) is 6.33. The fourth-order valence-corrected chi connectivity index (χ4v) is 4.16. The Morgan fingerprint density at radius 3 is 2.23 bits per heavy atom. The molecule has 1 aromatic rings. The van der Waals surface area contributed by atoms with Gasteiger partial charge in [0.1, 0.15) is 5.82 Å². The molecule has 1 saturated heterocycles. The monoisotopic (exact) mass is 329 g/mol. The van der Waals surface area contributed by atoms with Crippen LogP contribution >= 0.6 is 0 Å². The summed E-state index contributed by atoms with van der Waals surface area (Å²) in [5.41, 5.74) is -0.0872. The summed E-state index contributed by atoms with van der Waals surface area (Å²) < 4.78 is 30.2. The van der Waals surface area contributed by atoms with E-state index in [1.165, 1.54) is 27.4 Å². The molecule has 1 aromatic heterocycles. The summed E-state index contributed by atoms with van der Waals surface area (Å²) in [5.74, 6) is 1.28. The average Bonchev–Trinajstić information content (AvgIpc) is 3.27. The normalized spacial score (nSPS) is 21.6. The molecule has 8 nitrogen and oxygen atoms in total. The highest BCUT2D eigenvalue weighted by Crippen LogP contribution is 2.40. The van der Waals surface area contributed by atoms with Crippen LogP contribution in [0.15, 0.2) is 4.79 Å². The van der Waals surface area contributed by atoms with Crippen molar-refractivity contribution in [3.05, 3.63) is 16.3 Å². The van der Waals surface area contributed by atoms with Crippen LogP contribution in [-0.2, 0) is 17.3 Å². The lowest BCUT2D eigenvalue weighted by Gasteiger charge is -2.33. The van der Waals surface area contributed by atoms with E-state index >= 15 is 0 Å². The third-order valence-electron chi connectivity index (χ3n) is 4.50. The Balaban J connectivity index is 1.79. The number of piperidine rings is 1. The zero-order valence-electron chi connectivity index (χ0n) is 13.3. The van der Waals surface area contributed by atoms with E-state index in [-0.39, 0.29) is 11.7 Å². The van der Waals surface area contributed by atoms with Gasteiger partial charge in [-0.3, -0.25) is 4.57 Å². The Morgan fingerprint density at radius 1 is 1.14 bits per heavy atom. The minimum absolute atomic E-state index is 0.0467. The highest BCUT2D eigenvalue weighted by Gasteiger charge is 2.36. The van der Waals surface area contributed by atoms with Crippen LogP contribution in [0.25, 0.3) is 0 Å². The van der Waals surface area contributed by atoms with Crippen LogP contribution in [-0.4, -0.2) is 58.6 Å². The Morgan fingerprint density at radius 2 is 1.73 bits per heavy atom. The summed E-state index contributed by atoms with van der Waals surface area (Å²) in [5, 5.41) is 4.37. The van der Waals surface area contributed by atoms with Crippen molar-refractivity contribution in [1.29, 1.82) is 0 Å². The van der Waals surface area contributed by atoms with Gasteiger partial charge in [0.05, 0.1) is 0 Å². The molecule has 2 aliphatic rings. The van der Waals surface area contributed by atoms with Gasteiger partial charge in [-0.2, -0.15) is 22.1 Å². The van der Waals surface area contributed by atoms with Gasteiger partial charge in [-0.15, -0.1) is 0 Å². The lowest BCUT2D eigenvalue weighted by atomic mass is 10.1. The molecule has 1 saturated carbocycles. The molecule has 1 aliphatic heterocycles. The van der Waals surface area contributed by atoms with E-state index in [2.05, 4.69) is 5.10 Å². The van der Waals surface area contributed by atoms with Gasteiger partial charge < -0.3 is 0 Å². The van der Waals surface area contributed by atoms with E-state index in [9.17, 15) is 13.2 Å². The zero-order valence-corrected chi connectivity index (χ0v) is 14.1. The smallest absolute Gasteiger partial charge is 0.275 e. The minimum atomic E-state index is -3.37. The van der Waals surface area contributed by atoms with Crippen molar-refractivity contribution in [1.82, 2.24) is 23.0 Å². The quantitative estimate of drug-likeness (QED) is 0.773. The van der Waals surface area contributed by atoms with Crippen LogP contribution in [0, 0.1) is 0 Å². The lowest BCUT2D eigenvalue weighted by molar-refractivity contribution is 0.256. The topological polar surface area (TPSA) is 80.4 Å². The molecule has 0 amide bonds. The summed E-state index contributed by atoms with van der Waals surface area (Å²) >= 11 is 0. The van der Waals surface area contributed by atoms with Crippen LogP contribution in [0.5, 0.6) is 0 Å². The zero-order chi connectivity index (χ0) is 16.1. The van der Waals surface area contributed by atoms with E-state index in [0.717, 1.165) is 18.7 Å². The first-order valence-electron chi connectivity index (χ1n) is 7.65. The first-order chi connectivity index (χ1) is 10.3. The third-order valence-corrected chi connectivity index (χ3v) is 6.44. The second kappa shape index (κ2) is 5.47. The Labute approximate surface area is 130 Å². The first kappa shape index (κ1) is 15.7.